The van der Waals surface area contributed by atoms with E-state index < -0.39 is 11.9 Å². The van der Waals surface area contributed by atoms with Crippen LogP contribution in [-0.2, 0) is 11.2 Å². The largest absolute Gasteiger partial charge is 0.481 e. The molecule has 0 aromatic carbocycles. The van der Waals surface area contributed by atoms with E-state index in [2.05, 4.69) is 4.98 Å². The SMILES string of the molecule is Cc1nc2c(o1)CCCC2C(=O)O. The van der Waals surface area contributed by atoms with Gasteiger partial charge in [0.05, 0.1) is 5.69 Å². The molecule has 4 heteroatoms. The van der Waals surface area contributed by atoms with Gasteiger partial charge in [-0.1, -0.05) is 0 Å². The van der Waals surface area contributed by atoms with Crippen LogP contribution in [0, 0.1) is 6.92 Å². The van der Waals surface area contributed by atoms with Crippen LogP contribution in [0.3, 0.4) is 0 Å². The van der Waals surface area contributed by atoms with Gasteiger partial charge >= 0.3 is 5.97 Å². The summed E-state index contributed by atoms with van der Waals surface area (Å²) in [6.45, 7) is 1.75. The molecule has 0 spiro atoms. The average molecular weight is 181 g/mol. The van der Waals surface area contributed by atoms with E-state index in [0.717, 1.165) is 18.6 Å². The first-order chi connectivity index (χ1) is 6.18. The third-order valence-electron chi connectivity index (χ3n) is 2.36. The van der Waals surface area contributed by atoms with E-state index in [9.17, 15) is 4.79 Å². The molecule has 0 amide bonds. The van der Waals surface area contributed by atoms with E-state index in [4.69, 9.17) is 9.52 Å². The number of carboxylic acid groups (broad SMARTS) is 1. The molecule has 1 aromatic rings. The number of aliphatic carboxylic acids is 1. The van der Waals surface area contributed by atoms with Crippen molar-refractivity contribution >= 4 is 5.97 Å². The van der Waals surface area contributed by atoms with Gasteiger partial charge < -0.3 is 9.52 Å². The highest BCUT2D eigenvalue weighted by atomic mass is 16.4. The second-order valence-electron chi connectivity index (χ2n) is 3.32. The number of carbonyl (C=O) groups is 1. The predicted octanol–water partition coefficient (Wildman–Crippen LogP) is 1.49. The average Bonchev–Trinajstić information content (AvgIpc) is 2.43. The van der Waals surface area contributed by atoms with Crippen molar-refractivity contribution in [1.82, 2.24) is 4.98 Å². The second kappa shape index (κ2) is 2.87. The number of aryl methyl sites for hydroxylation is 2. The number of fused-ring (bicyclic) bond motifs is 1. The van der Waals surface area contributed by atoms with Crippen molar-refractivity contribution in [3.63, 3.8) is 0 Å². The van der Waals surface area contributed by atoms with E-state index in [1.807, 2.05) is 0 Å². The van der Waals surface area contributed by atoms with Crippen LogP contribution in [0.5, 0.6) is 0 Å². The Balaban J connectivity index is 2.41. The molecule has 1 unspecified atom stereocenters. The Hall–Kier alpha value is -1.32. The van der Waals surface area contributed by atoms with Crippen LogP contribution in [0.2, 0.25) is 0 Å². The van der Waals surface area contributed by atoms with E-state index >= 15 is 0 Å². The number of hydrogen-bond donors (Lipinski definition) is 1. The fourth-order valence-corrected chi connectivity index (χ4v) is 1.78. The fourth-order valence-electron chi connectivity index (χ4n) is 1.78. The number of carboxylic acids is 1. The van der Waals surface area contributed by atoms with Gasteiger partial charge in [-0.2, -0.15) is 0 Å². The Morgan fingerprint density at radius 2 is 2.46 bits per heavy atom. The number of oxazole rings is 1. The van der Waals surface area contributed by atoms with Gasteiger partial charge in [0.1, 0.15) is 11.7 Å². The molecule has 4 nitrogen and oxygen atoms in total. The van der Waals surface area contributed by atoms with Crippen LogP contribution in [0.1, 0.15) is 36.1 Å². The zero-order valence-corrected chi connectivity index (χ0v) is 7.41. The normalized spacial score (nSPS) is 21.2. The molecule has 1 aliphatic carbocycles. The zero-order chi connectivity index (χ0) is 9.42. The molecule has 1 atom stereocenters. The lowest BCUT2D eigenvalue weighted by molar-refractivity contribution is -0.139. The van der Waals surface area contributed by atoms with Crippen molar-refractivity contribution in [3.8, 4) is 0 Å². The molecular formula is C9H11NO3. The maximum Gasteiger partial charge on any atom is 0.312 e. The number of aromatic nitrogens is 1. The number of hydrogen-bond acceptors (Lipinski definition) is 3. The standard InChI is InChI=1S/C9H11NO3/c1-5-10-8-6(9(11)12)3-2-4-7(8)13-5/h6H,2-4H2,1H3,(H,11,12). The lowest BCUT2D eigenvalue weighted by Crippen LogP contribution is -2.17. The van der Waals surface area contributed by atoms with E-state index in [-0.39, 0.29) is 0 Å². The molecule has 0 radical (unpaired) electrons. The molecule has 0 aliphatic heterocycles. The van der Waals surface area contributed by atoms with Crippen molar-refractivity contribution in [1.29, 1.82) is 0 Å². The van der Waals surface area contributed by atoms with Gasteiger partial charge in [-0.05, 0) is 12.8 Å². The molecule has 0 bridgehead atoms. The Bertz CT molecular complexity index is 343. The highest BCUT2D eigenvalue weighted by Crippen LogP contribution is 2.31. The Labute approximate surface area is 75.6 Å². The van der Waals surface area contributed by atoms with Crippen LogP contribution >= 0.6 is 0 Å². The van der Waals surface area contributed by atoms with Gasteiger partial charge in [-0.15, -0.1) is 0 Å². The molecule has 13 heavy (non-hydrogen) atoms. The smallest absolute Gasteiger partial charge is 0.312 e. The summed E-state index contributed by atoms with van der Waals surface area (Å²) < 4.78 is 5.31. The lowest BCUT2D eigenvalue weighted by atomic mass is 9.91. The number of rotatable bonds is 1. The molecular weight excluding hydrogens is 170 g/mol. The Morgan fingerprint density at radius 3 is 3.15 bits per heavy atom. The van der Waals surface area contributed by atoms with E-state index in [1.165, 1.54) is 0 Å². The van der Waals surface area contributed by atoms with Crippen molar-refractivity contribution in [2.45, 2.75) is 32.1 Å². The topological polar surface area (TPSA) is 63.3 Å². The first-order valence-electron chi connectivity index (χ1n) is 4.37. The Morgan fingerprint density at radius 1 is 1.69 bits per heavy atom. The lowest BCUT2D eigenvalue weighted by Gasteiger charge is -2.15. The fraction of sp³-hybridized carbons (Fsp3) is 0.556. The maximum absolute atomic E-state index is 10.8. The minimum absolute atomic E-state index is 0.457. The predicted molar refractivity (Wildman–Crippen MR) is 44.6 cm³/mol. The van der Waals surface area contributed by atoms with Crippen molar-refractivity contribution < 1.29 is 14.3 Å². The summed E-state index contributed by atoms with van der Waals surface area (Å²) in [7, 11) is 0. The first-order valence-corrected chi connectivity index (χ1v) is 4.37. The highest BCUT2D eigenvalue weighted by molar-refractivity contribution is 5.76. The molecule has 0 saturated carbocycles. The number of nitrogens with zero attached hydrogens (tertiary/aromatic N) is 1. The van der Waals surface area contributed by atoms with Gasteiger partial charge in [0.2, 0.25) is 0 Å². The third kappa shape index (κ3) is 1.32. The third-order valence-corrected chi connectivity index (χ3v) is 2.36. The van der Waals surface area contributed by atoms with Gasteiger partial charge in [-0.3, -0.25) is 4.79 Å². The first kappa shape index (κ1) is 8.29. The van der Waals surface area contributed by atoms with Crippen LogP contribution in [0.4, 0.5) is 0 Å². The minimum atomic E-state index is -0.797. The molecule has 1 N–H and O–H groups in total. The van der Waals surface area contributed by atoms with Gasteiger partial charge in [0.15, 0.2) is 5.89 Å². The van der Waals surface area contributed by atoms with E-state index in [0.29, 0.717) is 18.0 Å². The maximum atomic E-state index is 10.8. The van der Waals surface area contributed by atoms with Crippen LogP contribution in [0.15, 0.2) is 4.42 Å². The van der Waals surface area contributed by atoms with Crippen LogP contribution < -0.4 is 0 Å². The van der Waals surface area contributed by atoms with E-state index in [1.54, 1.807) is 6.92 Å². The van der Waals surface area contributed by atoms with Crippen molar-refractivity contribution in [3.05, 3.63) is 17.3 Å². The summed E-state index contributed by atoms with van der Waals surface area (Å²) in [6, 6.07) is 0. The molecule has 0 saturated heterocycles. The Kier molecular flexibility index (Phi) is 1.83. The summed E-state index contributed by atoms with van der Waals surface area (Å²) >= 11 is 0. The van der Waals surface area contributed by atoms with Gasteiger partial charge in [0, 0.05) is 13.3 Å². The molecule has 0 fully saturated rings. The molecule has 70 valence electrons. The monoisotopic (exact) mass is 181 g/mol. The second-order valence-corrected chi connectivity index (χ2v) is 3.32. The van der Waals surface area contributed by atoms with Crippen LogP contribution in [0.25, 0.3) is 0 Å². The van der Waals surface area contributed by atoms with Crippen molar-refractivity contribution in [2.75, 3.05) is 0 Å². The minimum Gasteiger partial charge on any atom is -0.481 e. The van der Waals surface area contributed by atoms with Gasteiger partial charge in [0.25, 0.3) is 0 Å². The van der Waals surface area contributed by atoms with Gasteiger partial charge in [-0.25, -0.2) is 4.98 Å². The van der Waals surface area contributed by atoms with Crippen LogP contribution in [-0.4, -0.2) is 16.1 Å². The molecule has 1 aromatic heterocycles. The zero-order valence-electron chi connectivity index (χ0n) is 7.41. The molecule has 2 rings (SSSR count). The van der Waals surface area contributed by atoms with Crippen molar-refractivity contribution in [2.24, 2.45) is 0 Å². The summed E-state index contributed by atoms with van der Waals surface area (Å²) in [5.74, 6) is 0.0738. The summed E-state index contributed by atoms with van der Waals surface area (Å²) in [6.07, 6.45) is 2.37. The highest BCUT2D eigenvalue weighted by Gasteiger charge is 2.30. The molecule has 1 heterocycles. The molecule has 1 aliphatic rings. The summed E-state index contributed by atoms with van der Waals surface area (Å²) in [5.41, 5.74) is 0.635. The summed E-state index contributed by atoms with van der Waals surface area (Å²) in [5, 5.41) is 8.91. The quantitative estimate of drug-likeness (QED) is 0.712. The summed E-state index contributed by atoms with van der Waals surface area (Å²) in [4.78, 5) is 15.0.